The van der Waals surface area contributed by atoms with Gasteiger partial charge in [0.05, 0.1) is 12.3 Å². The highest BCUT2D eigenvalue weighted by Gasteiger charge is 2.23. The van der Waals surface area contributed by atoms with Crippen LogP contribution in [0.1, 0.15) is 42.1 Å². The van der Waals surface area contributed by atoms with Crippen LogP contribution in [0.25, 0.3) is 0 Å². The van der Waals surface area contributed by atoms with Crippen molar-refractivity contribution in [2.24, 2.45) is 4.99 Å². The van der Waals surface area contributed by atoms with Gasteiger partial charge in [0.25, 0.3) is 0 Å². The maximum Gasteiger partial charge on any atom is 0.228 e. The van der Waals surface area contributed by atoms with Crippen LogP contribution in [0.15, 0.2) is 53.5 Å². The summed E-state index contributed by atoms with van der Waals surface area (Å²) in [5.41, 5.74) is 2.56. The Bertz CT molecular complexity index is 893. The summed E-state index contributed by atoms with van der Waals surface area (Å²) >= 11 is 1.60. The highest BCUT2D eigenvalue weighted by molar-refractivity contribution is 8.13. The van der Waals surface area contributed by atoms with E-state index in [1.54, 1.807) is 35.7 Å². The molecule has 1 fully saturated rings. The molecule has 1 saturated heterocycles. The predicted molar refractivity (Wildman–Crippen MR) is 118 cm³/mol. The van der Waals surface area contributed by atoms with Gasteiger partial charge in [0.2, 0.25) is 5.91 Å². The first-order chi connectivity index (χ1) is 14.0. The van der Waals surface area contributed by atoms with Crippen molar-refractivity contribution in [1.29, 1.82) is 0 Å². The molecule has 5 nitrogen and oxygen atoms in total. The molecule has 2 aromatic carbocycles. The van der Waals surface area contributed by atoms with Crippen molar-refractivity contribution in [2.45, 2.75) is 33.1 Å². The summed E-state index contributed by atoms with van der Waals surface area (Å²) in [5, 5.41) is 0.733. The van der Waals surface area contributed by atoms with E-state index in [0.717, 1.165) is 34.3 Å². The van der Waals surface area contributed by atoms with Crippen LogP contribution >= 0.6 is 11.8 Å². The molecule has 0 spiro atoms. The van der Waals surface area contributed by atoms with E-state index in [1.165, 1.54) is 0 Å². The summed E-state index contributed by atoms with van der Waals surface area (Å²) in [7, 11) is 0. The van der Waals surface area contributed by atoms with Crippen molar-refractivity contribution < 1.29 is 14.3 Å². The SMILES string of the molecule is CC(=O)c1ccc(N=C2SCCCN2C(=O)CCCOc2cccc(C)c2)cc1. The minimum absolute atomic E-state index is 0.0286. The van der Waals surface area contributed by atoms with Gasteiger partial charge in [-0.1, -0.05) is 23.9 Å². The van der Waals surface area contributed by atoms with Crippen LogP contribution in [0.5, 0.6) is 5.75 Å². The number of hydrogen-bond donors (Lipinski definition) is 0. The fourth-order valence-electron chi connectivity index (χ4n) is 3.02. The number of ether oxygens (including phenoxy) is 1. The molecule has 1 amide bonds. The van der Waals surface area contributed by atoms with Gasteiger partial charge >= 0.3 is 0 Å². The molecule has 0 N–H and O–H groups in total. The molecule has 1 heterocycles. The number of rotatable bonds is 7. The number of aryl methyl sites for hydroxylation is 1. The molecular weight excluding hydrogens is 384 g/mol. The van der Waals surface area contributed by atoms with Crippen LogP contribution in [0, 0.1) is 6.92 Å². The fourth-order valence-corrected chi connectivity index (χ4v) is 3.99. The number of aliphatic imine (C=N–C) groups is 1. The summed E-state index contributed by atoms with van der Waals surface area (Å²) in [6, 6.07) is 15.1. The second kappa shape index (κ2) is 10.3. The molecule has 6 heteroatoms. The summed E-state index contributed by atoms with van der Waals surface area (Å²) in [6.45, 7) is 4.77. The molecule has 152 valence electrons. The fraction of sp³-hybridized carbons (Fsp3) is 0.348. The maximum atomic E-state index is 12.7. The number of amidine groups is 1. The quantitative estimate of drug-likeness (QED) is 0.476. The number of benzene rings is 2. The number of hydrogen-bond acceptors (Lipinski definition) is 5. The van der Waals surface area contributed by atoms with E-state index >= 15 is 0 Å². The van der Waals surface area contributed by atoms with Gasteiger partial charge < -0.3 is 4.74 Å². The van der Waals surface area contributed by atoms with Gasteiger partial charge in [0.1, 0.15) is 5.75 Å². The highest BCUT2D eigenvalue weighted by atomic mass is 32.2. The third-order valence-electron chi connectivity index (χ3n) is 4.58. The van der Waals surface area contributed by atoms with Gasteiger partial charge in [-0.3, -0.25) is 14.5 Å². The van der Waals surface area contributed by atoms with Crippen molar-refractivity contribution >= 4 is 34.3 Å². The summed E-state index contributed by atoms with van der Waals surface area (Å²) < 4.78 is 5.74. The number of carbonyl (C=O) groups is 2. The number of carbonyl (C=O) groups excluding carboxylic acids is 2. The van der Waals surface area contributed by atoms with Crippen molar-refractivity contribution in [2.75, 3.05) is 18.9 Å². The Hall–Kier alpha value is -2.60. The third kappa shape index (κ3) is 6.19. The van der Waals surface area contributed by atoms with Crippen LogP contribution in [-0.2, 0) is 4.79 Å². The van der Waals surface area contributed by atoms with Crippen LogP contribution < -0.4 is 4.74 Å². The van der Waals surface area contributed by atoms with Gasteiger partial charge in [-0.15, -0.1) is 0 Å². The molecular formula is C23H26N2O3S. The van der Waals surface area contributed by atoms with Gasteiger partial charge in [-0.2, -0.15) is 0 Å². The van der Waals surface area contributed by atoms with Crippen molar-refractivity contribution in [1.82, 2.24) is 4.90 Å². The Labute approximate surface area is 176 Å². The zero-order chi connectivity index (χ0) is 20.6. The van der Waals surface area contributed by atoms with E-state index in [0.29, 0.717) is 31.6 Å². The molecule has 0 aromatic heterocycles. The van der Waals surface area contributed by atoms with Crippen LogP contribution in [0.4, 0.5) is 5.69 Å². The van der Waals surface area contributed by atoms with E-state index in [9.17, 15) is 9.59 Å². The summed E-state index contributed by atoms with van der Waals surface area (Å²) in [4.78, 5) is 30.6. The van der Waals surface area contributed by atoms with E-state index in [-0.39, 0.29) is 11.7 Å². The van der Waals surface area contributed by atoms with E-state index in [1.807, 2.05) is 43.3 Å². The number of Topliss-reactive ketones (excluding diaryl/α,β-unsaturated/α-hetero) is 1. The minimum Gasteiger partial charge on any atom is -0.494 e. The molecule has 0 aliphatic carbocycles. The standard InChI is InChI=1S/C23H26N2O3S/c1-17-6-3-7-21(16-17)28-14-4-8-22(27)25-13-5-15-29-23(25)24-20-11-9-19(10-12-20)18(2)26/h3,6-7,9-12,16H,4-5,8,13-15H2,1-2H3. The Kier molecular flexibility index (Phi) is 7.47. The van der Waals surface area contributed by atoms with Gasteiger partial charge in [0, 0.05) is 24.3 Å². The molecule has 1 aliphatic rings. The number of thioether (sulfide) groups is 1. The van der Waals surface area contributed by atoms with Crippen LogP contribution in [0.3, 0.4) is 0 Å². The lowest BCUT2D eigenvalue weighted by molar-refractivity contribution is -0.127. The van der Waals surface area contributed by atoms with Crippen LogP contribution in [0.2, 0.25) is 0 Å². The molecule has 0 saturated carbocycles. The molecule has 0 radical (unpaired) electrons. The van der Waals surface area contributed by atoms with E-state index < -0.39 is 0 Å². The molecule has 29 heavy (non-hydrogen) atoms. The topological polar surface area (TPSA) is 59.0 Å². The minimum atomic E-state index is 0.0286. The number of amides is 1. The first-order valence-electron chi connectivity index (χ1n) is 9.85. The zero-order valence-electron chi connectivity index (χ0n) is 16.9. The molecule has 3 rings (SSSR count). The monoisotopic (exact) mass is 410 g/mol. The molecule has 0 atom stereocenters. The van der Waals surface area contributed by atoms with E-state index in [4.69, 9.17) is 4.74 Å². The Morgan fingerprint density at radius 3 is 2.69 bits per heavy atom. The average molecular weight is 411 g/mol. The lowest BCUT2D eigenvalue weighted by Crippen LogP contribution is -2.39. The van der Waals surface area contributed by atoms with E-state index in [2.05, 4.69) is 4.99 Å². The molecule has 0 bridgehead atoms. The summed E-state index contributed by atoms with van der Waals surface area (Å²) in [6.07, 6.45) is 2.04. The first kappa shape index (κ1) is 21.1. The van der Waals surface area contributed by atoms with Gasteiger partial charge in [-0.05, 0) is 68.7 Å². The van der Waals surface area contributed by atoms with Crippen molar-refractivity contribution in [3.05, 3.63) is 59.7 Å². The van der Waals surface area contributed by atoms with Gasteiger partial charge in [0.15, 0.2) is 11.0 Å². The maximum absolute atomic E-state index is 12.7. The Balaban J connectivity index is 1.56. The average Bonchev–Trinajstić information content (AvgIpc) is 2.72. The van der Waals surface area contributed by atoms with Gasteiger partial charge in [-0.25, -0.2) is 4.99 Å². The normalized spacial score (nSPS) is 15.4. The molecule has 0 unspecified atom stereocenters. The number of ketones is 1. The lowest BCUT2D eigenvalue weighted by Gasteiger charge is -2.27. The summed E-state index contributed by atoms with van der Waals surface area (Å²) in [5.74, 6) is 1.89. The number of nitrogens with zero attached hydrogens (tertiary/aromatic N) is 2. The second-order valence-corrected chi connectivity index (χ2v) is 8.08. The second-order valence-electron chi connectivity index (χ2n) is 7.01. The third-order valence-corrected chi connectivity index (χ3v) is 5.64. The largest absolute Gasteiger partial charge is 0.494 e. The van der Waals surface area contributed by atoms with Crippen molar-refractivity contribution in [3.8, 4) is 5.75 Å². The molecule has 2 aromatic rings. The zero-order valence-corrected chi connectivity index (χ0v) is 17.7. The first-order valence-corrected chi connectivity index (χ1v) is 10.8. The Morgan fingerprint density at radius 2 is 1.97 bits per heavy atom. The highest BCUT2D eigenvalue weighted by Crippen LogP contribution is 2.24. The van der Waals surface area contributed by atoms with Crippen molar-refractivity contribution in [3.63, 3.8) is 0 Å². The van der Waals surface area contributed by atoms with Crippen LogP contribution in [-0.4, -0.2) is 40.7 Å². The lowest BCUT2D eigenvalue weighted by atomic mass is 10.1. The smallest absolute Gasteiger partial charge is 0.228 e. The predicted octanol–water partition coefficient (Wildman–Crippen LogP) is 5.01. The molecule has 1 aliphatic heterocycles. The Morgan fingerprint density at radius 1 is 1.17 bits per heavy atom.